The first-order valence-corrected chi connectivity index (χ1v) is 4.96. The summed E-state index contributed by atoms with van der Waals surface area (Å²) in [6.07, 6.45) is 1.58. The normalized spacial score (nSPS) is 10.8. The molecular weight excluding hydrogens is 244 g/mol. The zero-order valence-corrected chi connectivity index (χ0v) is 9.92. The standard InChI is InChI=1S/C10H11BrN2O/c1-10(2,3)14-9-4-7(11)6-13-8(9)5-12/h4,6H,1-3H3. The first-order valence-electron chi connectivity index (χ1n) is 4.17. The first-order chi connectivity index (χ1) is 6.42. The second kappa shape index (κ2) is 3.97. The molecule has 1 heterocycles. The van der Waals surface area contributed by atoms with Crippen LogP contribution in [0, 0.1) is 11.3 Å². The number of halogens is 1. The Morgan fingerprint density at radius 1 is 1.50 bits per heavy atom. The molecule has 1 aromatic rings. The second-order valence-corrected chi connectivity index (χ2v) is 4.74. The van der Waals surface area contributed by atoms with Crippen LogP contribution >= 0.6 is 15.9 Å². The summed E-state index contributed by atoms with van der Waals surface area (Å²) in [5.74, 6) is 0.509. The van der Waals surface area contributed by atoms with Crippen molar-refractivity contribution in [3.63, 3.8) is 0 Å². The number of pyridine rings is 1. The monoisotopic (exact) mass is 254 g/mol. The van der Waals surface area contributed by atoms with Crippen LogP contribution in [0.5, 0.6) is 5.75 Å². The fourth-order valence-corrected chi connectivity index (χ4v) is 1.22. The molecule has 0 radical (unpaired) electrons. The highest BCUT2D eigenvalue weighted by molar-refractivity contribution is 9.10. The lowest BCUT2D eigenvalue weighted by molar-refractivity contribution is 0.129. The molecule has 0 atom stereocenters. The minimum Gasteiger partial charge on any atom is -0.485 e. The molecule has 0 saturated heterocycles. The molecule has 0 unspecified atom stereocenters. The Labute approximate surface area is 91.8 Å². The number of nitriles is 1. The Kier molecular flexibility index (Phi) is 3.12. The summed E-state index contributed by atoms with van der Waals surface area (Å²) >= 11 is 3.28. The largest absolute Gasteiger partial charge is 0.485 e. The molecule has 0 fully saturated rings. The van der Waals surface area contributed by atoms with E-state index in [4.69, 9.17) is 10.00 Å². The van der Waals surface area contributed by atoms with Gasteiger partial charge in [-0.2, -0.15) is 5.26 Å². The summed E-state index contributed by atoms with van der Waals surface area (Å²) < 4.78 is 6.39. The molecule has 0 saturated carbocycles. The number of aromatic nitrogens is 1. The minimum atomic E-state index is -0.325. The Hall–Kier alpha value is -1.08. The average Bonchev–Trinajstić information content (AvgIpc) is 2.01. The molecule has 0 aliphatic carbocycles. The zero-order chi connectivity index (χ0) is 10.8. The molecule has 0 N–H and O–H groups in total. The smallest absolute Gasteiger partial charge is 0.182 e. The highest BCUT2D eigenvalue weighted by atomic mass is 79.9. The SMILES string of the molecule is CC(C)(C)Oc1cc(Br)cnc1C#N. The minimum absolute atomic E-state index is 0.308. The Bertz CT molecular complexity index is 377. The molecule has 0 aliphatic heterocycles. The van der Waals surface area contributed by atoms with Crippen molar-refractivity contribution in [2.24, 2.45) is 0 Å². The fraction of sp³-hybridized carbons (Fsp3) is 0.400. The van der Waals surface area contributed by atoms with E-state index in [1.807, 2.05) is 26.8 Å². The van der Waals surface area contributed by atoms with Gasteiger partial charge in [-0.05, 0) is 42.8 Å². The number of hydrogen-bond donors (Lipinski definition) is 0. The van der Waals surface area contributed by atoms with Gasteiger partial charge < -0.3 is 4.74 Å². The zero-order valence-electron chi connectivity index (χ0n) is 8.34. The van der Waals surface area contributed by atoms with Gasteiger partial charge in [-0.15, -0.1) is 0 Å². The van der Waals surface area contributed by atoms with Crippen LogP contribution in [0.15, 0.2) is 16.7 Å². The van der Waals surface area contributed by atoms with Gasteiger partial charge in [-0.25, -0.2) is 4.98 Å². The summed E-state index contributed by atoms with van der Waals surface area (Å²) in [6.45, 7) is 5.78. The Morgan fingerprint density at radius 2 is 2.14 bits per heavy atom. The van der Waals surface area contributed by atoms with Crippen molar-refractivity contribution in [3.05, 3.63) is 22.4 Å². The van der Waals surface area contributed by atoms with Gasteiger partial charge in [-0.1, -0.05) is 0 Å². The predicted octanol–water partition coefficient (Wildman–Crippen LogP) is 2.89. The summed E-state index contributed by atoms with van der Waals surface area (Å²) in [5, 5.41) is 8.80. The van der Waals surface area contributed by atoms with Crippen LogP contribution in [0.3, 0.4) is 0 Å². The molecule has 74 valence electrons. The quantitative estimate of drug-likeness (QED) is 0.775. The molecule has 1 aromatic heterocycles. The van der Waals surface area contributed by atoms with Crippen molar-refractivity contribution >= 4 is 15.9 Å². The highest BCUT2D eigenvalue weighted by Crippen LogP contribution is 2.24. The van der Waals surface area contributed by atoms with Crippen molar-refractivity contribution in [1.82, 2.24) is 4.98 Å². The average molecular weight is 255 g/mol. The first kappa shape index (κ1) is 11.0. The topological polar surface area (TPSA) is 45.9 Å². The molecular formula is C10H11BrN2O. The van der Waals surface area contributed by atoms with Gasteiger partial charge in [0.1, 0.15) is 11.7 Å². The summed E-state index contributed by atoms with van der Waals surface area (Å²) in [7, 11) is 0. The van der Waals surface area contributed by atoms with Gasteiger partial charge in [-0.3, -0.25) is 0 Å². The van der Waals surface area contributed by atoms with Gasteiger partial charge >= 0.3 is 0 Å². The van der Waals surface area contributed by atoms with Crippen LogP contribution in [0.2, 0.25) is 0 Å². The van der Waals surface area contributed by atoms with Gasteiger partial charge in [0, 0.05) is 10.7 Å². The van der Waals surface area contributed by atoms with E-state index in [9.17, 15) is 0 Å². The van der Waals surface area contributed by atoms with Crippen LogP contribution in [0.25, 0.3) is 0 Å². The van der Waals surface area contributed by atoms with Crippen molar-refractivity contribution in [2.75, 3.05) is 0 Å². The fourth-order valence-electron chi connectivity index (χ4n) is 0.912. The van der Waals surface area contributed by atoms with Crippen LogP contribution < -0.4 is 4.74 Å². The molecule has 1 rings (SSSR count). The molecule has 14 heavy (non-hydrogen) atoms. The maximum Gasteiger partial charge on any atom is 0.182 e. The molecule has 0 aromatic carbocycles. The Balaban J connectivity index is 3.07. The van der Waals surface area contributed by atoms with Gasteiger partial charge in [0.2, 0.25) is 0 Å². The van der Waals surface area contributed by atoms with Gasteiger partial charge in [0.15, 0.2) is 11.4 Å². The predicted molar refractivity (Wildman–Crippen MR) is 57.0 cm³/mol. The second-order valence-electron chi connectivity index (χ2n) is 3.83. The van der Waals surface area contributed by atoms with E-state index in [1.165, 1.54) is 0 Å². The maximum atomic E-state index is 8.80. The van der Waals surface area contributed by atoms with Gasteiger partial charge in [0.05, 0.1) is 0 Å². The summed E-state index contributed by atoms with van der Waals surface area (Å²) in [5.41, 5.74) is -0.0169. The third kappa shape index (κ3) is 3.00. The van der Waals surface area contributed by atoms with Crippen molar-refractivity contribution in [1.29, 1.82) is 5.26 Å². The molecule has 0 amide bonds. The van der Waals surface area contributed by atoms with E-state index in [1.54, 1.807) is 12.3 Å². The van der Waals surface area contributed by atoms with E-state index in [-0.39, 0.29) is 5.60 Å². The lowest BCUT2D eigenvalue weighted by Gasteiger charge is -2.21. The third-order valence-electron chi connectivity index (χ3n) is 1.34. The Morgan fingerprint density at radius 3 is 2.64 bits per heavy atom. The maximum absolute atomic E-state index is 8.80. The van der Waals surface area contributed by atoms with E-state index in [0.717, 1.165) is 4.47 Å². The van der Waals surface area contributed by atoms with E-state index in [0.29, 0.717) is 11.4 Å². The van der Waals surface area contributed by atoms with E-state index in [2.05, 4.69) is 20.9 Å². The molecule has 0 aliphatic rings. The molecule has 0 spiro atoms. The lowest BCUT2D eigenvalue weighted by atomic mass is 10.2. The van der Waals surface area contributed by atoms with Crippen LogP contribution in [0.1, 0.15) is 26.5 Å². The molecule has 3 nitrogen and oxygen atoms in total. The molecule has 4 heteroatoms. The van der Waals surface area contributed by atoms with Crippen LogP contribution in [0.4, 0.5) is 0 Å². The van der Waals surface area contributed by atoms with E-state index >= 15 is 0 Å². The van der Waals surface area contributed by atoms with Crippen molar-refractivity contribution in [3.8, 4) is 11.8 Å². The summed E-state index contributed by atoms with van der Waals surface area (Å²) in [4.78, 5) is 3.95. The number of ether oxygens (including phenoxy) is 1. The number of rotatable bonds is 1. The highest BCUT2D eigenvalue weighted by Gasteiger charge is 2.15. The van der Waals surface area contributed by atoms with Gasteiger partial charge in [0.25, 0.3) is 0 Å². The number of nitrogens with zero attached hydrogens (tertiary/aromatic N) is 2. The molecule has 0 bridgehead atoms. The number of hydrogen-bond acceptors (Lipinski definition) is 3. The van der Waals surface area contributed by atoms with Crippen molar-refractivity contribution in [2.45, 2.75) is 26.4 Å². The van der Waals surface area contributed by atoms with Crippen LogP contribution in [-0.2, 0) is 0 Å². The van der Waals surface area contributed by atoms with Crippen LogP contribution in [-0.4, -0.2) is 10.6 Å². The summed E-state index contributed by atoms with van der Waals surface area (Å²) in [6, 6.07) is 3.74. The van der Waals surface area contributed by atoms with Crippen molar-refractivity contribution < 1.29 is 4.74 Å². The lowest BCUT2D eigenvalue weighted by Crippen LogP contribution is -2.23. The van der Waals surface area contributed by atoms with E-state index < -0.39 is 0 Å². The third-order valence-corrected chi connectivity index (χ3v) is 1.78.